The molecule has 0 aliphatic carbocycles. The van der Waals surface area contributed by atoms with Gasteiger partial charge in [0, 0.05) is 17.8 Å². The Morgan fingerprint density at radius 3 is 2.52 bits per heavy atom. The van der Waals surface area contributed by atoms with Crippen molar-refractivity contribution in [2.75, 3.05) is 19.0 Å². The van der Waals surface area contributed by atoms with Crippen LogP contribution in [0.1, 0.15) is 33.6 Å². The number of carboxylic acids is 1. The minimum atomic E-state index is -0.908. The number of thiophene rings is 1. The van der Waals surface area contributed by atoms with Gasteiger partial charge in [-0.3, -0.25) is 10.1 Å². The Hall–Kier alpha value is -2.09. The van der Waals surface area contributed by atoms with E-state index in [9.17, 15) is 14.4 Å². The number of urea groups is 1. The molecule has 0 radical (unpaired) electrons. The first kappa shape index (κ1) is 17.0. The van der Waals surface area contributed by atoms with Crippen molar-refractivity contribution in [2.24, 2.45) is 0 Å². The molecule has 0 atom stereocenters. The summed E-state index contributed by atoms with van der Waals surface area (Å²) in [7, 11) is 1.28. The summed E-state index contributed by atoms with van der Waals surface area (Å²) in [4.78, 5) is 34.7. The summed E-state index contributed by atoms with van der Waals surface area (Å²) in [5.41, 5.74) is 1.12. The zero-order valence-electron chi connectivity index (χ0n) is 12.1. The molecule has 1 heterocycles. The number of amides is 2. The van der Waals surface area contributed by atoms with Gasteiger partial charge in [0.15, 0.2) is 0 Å². The van der Waals surface area contributed by atoms with Gasteiger partial charge in [-0.1, -0.05) is 0 Å². The van der Waals surface area contributed by atoms with E-state index in [0.717, 1.165) is 10.4 Å². The molecule has 0 aromatic carbocycles. The van der Waals surface area contributed by atoms with Gasteiger partial charge in [-0.05, 0) is 25.8 Å². The lowest BCUT2D eigenvalue weighted by atomic mass is 10.1. The fourth-order valence-corrected chi connectivity index (χ4v) is 2.70. The molecule has 0 aliphatic heterocycles. The Bertz CT molecular complexity index is 553. The number of ether oxygens (including phenoxy) is 1. The number of hydrogen-bond donors (Lipinski definition) is 3. The van der Waals surface area contributed by atoms with E-state index in [-0.39, 0.29) is 13.0 Å². The minimum absolute atomic E-state index is 0.00902. The third-order valence-corrected chi connectivity index (χ3v) is 3.98. The number of carbonyl (C=O) groups excluding carboxylic acids is 2. The van der Waals surface area contributed by atoms with Crippen molar-refractivity contribution < 1.29 is 24.2 Å². The molecule has 1 aromatic rings. The number of methoxy groups -OCH3 is 1. The van der Waals surface area contributed by atoms with E-state index >= 15 is 0 Å². The molecule has 0 aliphatic rings. The normalized spacial score (nSPS) is 10.0. The van der Waals surface area contributed by atoms with Crippen molar-refractivity contribution in [3.05, 3.63) is 16.0 Å². The standard InChI is InChI=1S/C13H18N2O5S/c1-7-8(2)21-11(10(7)12(18)20-3)15-13(19)14-6-4-5-9(16)17/h4-6H2,1-3H3,(H,16,17)(H2,14,15,19). The van der Waals surface area contributed by atoms with E-state index in [1.165, 1.54) is 18.4 Å². The second-order valence-corrected chi connectivity index (χ2v) is 5.58. The highest BCUT2D eigenvalue weighted by atomic mass is 32.1. The molecule has 1 rings (SSSR count). The van der Waals surface area contributed by atoms with Crippen LogP contribution in [0, 0.1) is 13.8 Å². The highest BCUT2D eigenvalue weighted by Gasteiger charge is 2.21. The van der Waals surface area contributed by atoms with Gasteiger partial charge < -0.3 is 15.2 Å². The average Bonchev–Trinajstić information content (AvgIpc) is 2.69. The molecular formula is C13H18N2O5S. The molecule has 7 nitrogen and oxygen atoms in total. The number of anilines is 1. The fraction of sp³-hybridized carbons (Fsp3) is 0.462. The van der Waals surface area contributed by atoms with Crippen LogP contribution in [0.4, 0.5) is 9.80 Å². The zero-order valence-corrected chi connectivity index (χ0v) is 12.9. The molecule has 2 amide bonds. The van der Waals surface area contributed by atoms with Crippen LogP contribution in [0.3, 0.4) is 0 Å². The van der Waals surface area contributed by atoms with Crippen LogP contribution in [0.25, 0.3) is 0 Å². The minimum Gasteiger partial charge on any atom is -0.481 e. The van der Waals surface area contributed by atoms with Crippen molar-refractivity contribution in [3.8, 4) is 0 Å². The van der Waals surface area contributed by atoms with Crippen molar-refractivity contribution in [2.45, 2.75) is 26.7 Å². The Morgan fingerprint density at radius 1 is 1.29 bits per heavy atom. The van der Waals surface area contributed by atoms with Crippen LogP contribution >= 0.6 is 11.3 Å². The number of rotatable bonds is 6. The second-order valence-electron chi connectivity index (χ2n) is 4.36. The fourth-order valence-electron chi connectivity index (χ4n) is 1.65. The molecule has 0 spiro atoms. The Morgan fingerprint density at radius 2 is 1.95 bits per heavy atom. The first-order valence-electron chi connectivity index (χ1n) is 6.31. The number of nitrogens with one attached hydrogen (secondary N) is 2. The molecule has 0 fully saturated rings. The Kier molecular flexibility index (Phi) is 6.16. The molecular weight excluding hydrogens is 296 g/mol. The van der Waals surface area contributed by atoms with Crippen molar-refractivity contribution in [1.82, 2.24) is 5.32 Å². The lowest BCUT2D eigenvalue weighted by Crippen LogP contribution is -2.30. The van der Waals surface area contributed by atoms with Gasteiger partial charge in [0.25, 0.3) is 0 Å². The molecule has 8 heteroatoms. The lowest BCUT2D eigenvalue weighted by molar-refractivity contribution is -0.137. The first-order valence-corrected chi connectivity index (χ1v) is 7.13. The van der Waals surface area contributed by atoms with Crippen molar-refractivity contribution in [3.63, 3.8) is 0 Å². The SMILES string of the molecule is COC(=O)c1c(NC(=O)NCCCC(=O)O)sc(C)c1C. The first-order chi connectivity index (χ1) is 9.86. The Labute approximate surface area is 126 Å². The molecule has 116 valence electrons. The molecule has 0 bridgehead atoms. The summed E-state index contributed by atoms with van der Waals surface area (Å²) in [6.45, 7) is 3.88. The maximum atomic E-state index is 11.7. The van der Waals surface area contributed by atoms with E-state index in [4.69, 9.17) is 9.84 Å². The smallest absolute Gasteiger partial charge is 0.341 e. The number of aliphatic carboxylic acids is 1. The van der Waals surface area contributed by atoms with Crippen LogP contribution in [0.5, 0.6) is 0 Å². The van der Waals surface area contributed by atoms with Crippen molar-refractivity contribution >= 4 is 34.3 Å². The number of esters is 1. The predicted octanol–water partition coefficient (Wildman–Crippen LogP) is 2.14. The summed E-state index contributed by atoms with van der Waals surface area (Å²) < 4.78 is 4.71. The van der Waals surface area contributed by atoms with Crippen LogP contribution in [0.15, 0.2) is 0 Å². The third-order valence-electron chi connectivity index (χ3n) is 2.85. The van der Waals surface area contributed by atoms with E-state index in [0.29, 0.717) is 17.0 Å². The summed E-state index contributed by atoms with van der Waals surface area (Å²) in [5.74, 6) is -1.41. The molecule has 0 saturated heterocycles. The monoisotopic (exact) mass is 314 g/mol. The van der Waals surface area contributed by atoms with Gasteiger partial charge in [-0.2, -0.15) is 0 Å². The molecule has 0 saturated carbocycles. The predicted molar refractivity (Wildman–Crippen MR) is 79.0 cm³/mol. The van der Waals surface area contributed by atoms with Crippen molar-refractivity contribution in [1.29, 1.82) is 0 Å². The number of carboxylic acid groups (broad SMARTS) is 1. The van der Waals surface area contributed by atoms with E-state index < -0.39 is 18.0 Å². The van der Waals surface area contributed by atoms with Crippen LogP contribution in [-0.4, -0.2) is 36.7 Å². The third kappa shape index (κ3) is 4.75. The highest BCUT2D eigenvalue weighted by molar-refractivity contribution is 7.16. The van der Waals surface area contributed by atoms with Gasteiger partial charge >= 0.3 is 18.0 Å². The quantitative estimate of drug-likeness (QED) is 0.551. The highest BCUT2D eigenvalue weighted by Crippen LogP contribution is 2.32. The molecule has 21 heavy (non-hydrogen) atoms. The van der Waals surface area contributed by atoms with Gasteiger partial charge in [0.1, 0.15) is 5.00 Å². The van der Waals surface area contributed by atoms with Crippen LogP contribution < -0.4 is 10.6 Å². The van der Waals surface area contributed by atoms with E-state index in [2.05, 4.69) is 10.6 Å². The second kappa shape index (κ2) is 7.63. The van der Waals surface area contributed by atoms with E-state index in [1.54, 1.807) is 6.92 Å². The number of hydrogen-bond acceptors (Lipinski definition) is 5. The average molecular weight is 314 g/mol. The van der Waals surface area contributed by atoms with Gasteiger partial charge in [0.2, 0.25) is 0 Å². The zero-order chi connectivity index (χ0) is 16.0. The topological polar surface area (TPSA) is 105 Å². The molecule has 3 N–H and O–H groups in total. The van der Waals surface area contributed by atoms with Crippen LogP contribution in [0.2, 0.25) is 0 Å². The van der Waals surface area contributed by atoms with Gasteiger partial charge in [0.05, 0.1) is 12.7 Å². The summed E-state index contributed by atoms with van der Waals surface area (Å²) >= 11 is 1.29. The Balaban J connectivity index is 2.66. The summed E-state index contributed by atoms with van der Waals surface area (Å²) in [6, 6.07) is -0.480. The maximum Gasteiger partial charge on any atom is 0.341 e. The summed E-state index contributed by atoms with van der Waals surface area (Å²) in [5, 5.41) is 14.1. The lowest BCUT2D eigenvalue weighted by Gasteiger charge is -2.07. The molecule has 0 unspecified atom stereocenters. The number of carbonyl (C=O) groups is 3. The van der Waals surface area contributed by atoms with Crippen LogP contribution in [-0.2, 0) is 9.53 Å². The maximum absolute atomic E-state index is 11.7. The molecule has 1 aromatic heterocycles. The summed E-state index contributed by atoms with van der Waals surface area (Å²) in [6.07, 6.45) is 0.333. The van der Waals surface area contributed by atoms with Gasteiger partial charge in [-0.15, -0.1) is 11.3 Å². The van der Waals surface area contributed by atoms with Gasteiger partial charge in [-0.25, -0.2) is 9.59 Å². The largest absolute Gasteiger partial charge is 0.481 e. The number of aryl methyl sites for hydroxylation is 1. The van der Waals surface area contributed by atoms with E-state index in [1.807, 2.05) is 6.92 Å².